The number of amides is 2. The molecular weight excluding hydrogens is 375 g/mol. The number of hydrogen-bond donors (Lipinski definition) is 3. The molecule has 0 spiro atoms. The van der Waals surface area contributed by atoms with E-state index in [1.165, 1.54) is 12.5 Å². The number of nitrogens with zero attached hydrogens (tertiary/aromatic N) is 1. The van der Waals surface area contributed by atoms with E-state index in [4.69, 9.17) is 7.48 Å². The van der Waals surface area contributed by atoms with E-state index in [1.807, 2.05) is 5.32 Å². The number of carbonyl (C=O) groups is 2. The van der Waals surface area contributed by atoms with Gasteiger partial charge in [0.15, 0.2) is 0 Å². The quantitative estimate of drug-likeness (QED) is 0.309. The van der Waals surface area contributed by atoms with Crippen molar-refractivity contribution in [1.29, 1.82) is 0 Å². The van der Waals surface area contributed by atoms with Gasteiger partial charge in [0, 0.05) is 27.6 Å². The zero-order valence-electron chi connectivity index (χ0n) is 17.2. The van der Waals surface area contributed by atoms with Crippen LogP contribution in [0.5, 0.6) is 0 Å². The third kappa shape index (κ3) is 11.5. The second-order valence-electron chi connectivity index (χ2n) is 6.14. The molecular formula is C14H23N4NaO6S. The molecule has 26 heavy (non-hydrogen) atoms. The standard InChI is InChI=1S/C14H24N4O6S.Na/c1-14(2,3)24-13(20)18-11(7-10-8-15-9-17-10)12(19)16-5-4-6-25(21,22)23;/h8-9,11H,4-7H2,1-3H3,(H,15,17)(H,16,19)(H,18,20)(H,21,22,23);/q;+1/p-1/t11-;/m0./s1/i5D2;. The van der Waals surface area contributed by atoms with Crippen molar-refractivity contribution in [3.05, 3.63) is 18.2 Å². The Morgan fingerprint density at radius 3 is 2.62 bits per heavy atom. The van der Waals surface area contributed by atoms with Gasteiger partial charge in [-0.15, -0.1) is 0 Å². The molecule has 12 heteroatoms. The van der Waals surface area contributed by atoms with Crippen LogP contribution in [0, 0.1) is 0 Å². The Hall–Kier alpha value is -1.14. The Morgan fingerprint density at radius 2 is 2.12 bits per heavy atom. The summed E-state index contributed by atoms with van der Waals surface area (Å²) in [6.07, 6.45) is 1.18. The van der Waals surface area contributed by atoms with E-state index in [2.05, 4.69) is 15.3 Å². The van der Waals surface area contributed by atoms with Crippen LogP contribution in [0.25, 0.3) is 0 Å². The number of nitrogens with one attached hydrogen (secondary N) is 3. The molecule has 0 unspecified atom stereocenters. The zero-order chi connectivity index (χ0) is 20.9. The summed E-state index contributed by atoms with van der Waals surface area (Å²) in [5.74, 6) is -1.90. The fraction of sp³-hybridized carbons (Fsp3) is 0.643. The van der Waals surface area contributed by atoms with Gasteiger partial charge in [0.2, 0.25) is 5.91 Å². The molecule has 1 atom stereocenters. The van der Waals surface area contributed by atoms with E-state index in [9.17, 15) is 22.6 Å². The second kappa shape index (κ2) is 10.9. The van der Waals surface area contributed by atoms with Gasteiger partial charge in [-0.3, -0.25) is 4.79 Å². The number of imidazole rings is 1. The molecule has 2 amide bonds. The molecule has 0 aromatic carbocycles. The molecule has 0 radical (unpaired) electrons. The summed E-state index contributed by atoms with van der Waals surface area (Å²) < 4.78 is 52.4. The first-order chi connectivity index (χ1) is 12.2. The van der Waals surface area contributed by atoms with Gasteiger partial charge in [0.1, 0.15) is 11.6 Å². The SMILES string of the molecule is [2H]C([2H])(CCS(=O)(=O)[O-])NC(=O)[C@H](Cc1c[nH]cn1)NC(=O)OC(C)(C)C.[Na+]. The molecule has 142 valence electrons. The van der Waals surface area contributed by atoms with Crippen molar-refractivity contribution >= 4 is 22.1 Å². The molecule has 0 aliphatic heterocycles. The molecule has 0 fully saturated rings. The third-order valence-corrected chi connectivity index (χ3v) is 3.37. The fourth-order valence-electron chi connectivity index (χ4n) is 1.68. The smallest absolute Gasteiger partial charge is 0.748 e. The molecule has 10 nitrogen and oxygen atoms in total. The summed E-state index contributed by atoms with van der Waals surface area (Å²) in [5, 5.41) is 4.33. The normalized spacial score (nSPS) is 14.3. The Labute approximate surface area is 177 Å². The molecule has 1 rings (SSSR count). The summed E-state index contributed by atoms with van der Waals surface area (Å²) in [5.41, 5.74) is -0.386. The van der Waals surface area contributed by atoms with E-state index >= 15 is 0 Å². The van der Waals surface area contributed by atoms with E-state index in [-0.39, 0.29) is 36.0 Å². The molecule has 0 bridgehead atoms. The third-order valence-electron chi connectivity index (χ3n) is 2.66. The van der Waals surface area contributed by atoms with Crippen LogP contribution in [0.4, 0.5) is 4.79 Å². The predicted molar refractivity (Wildman–Crippen MR) is 87.6 cm³/mol. The van der Waals surface area contributed by atoms with Gasteiger partial charge < -0.3 is 24.9 Å². The number of H-pyrrole nitrogens is 1. The molecule has 0 saturated heterocycles. The Bertz CT molecular complexity index is 752. The molecule has 3 N–H and O–H groups in total. The summed E-state index contributed by atoms with van der Waals surface area (Å²) >= 11 is 0. The monoisotopic (exact) mass is 400 g/mol. The predicted octanol–water partition coefficient (Wildman–Crippen LogP) is -3.10. The van der Waals surface area contributed by atoms with Crippen LogP contribution in [0.3, 0.4) is 0 Å². The second-order valence-corrected chi connectivity index (χ2v) is 7.66. The van der Waals surface area contributed by atoms with Crippen LogP contribution in [0.1, 0.15) is 35.6 Å². The van der Waals surface area contributed by atoms with E-state index in [0.717, 1.165) is 0 Å². The number of rotatable bonds is 8. The summed E-state index contributed by atoms with van der Waals surface area (Å²) in [6, 6.07) is -1.23. The van der Waals surface area contributed by atoms with Gasteiger partial charge in [-0.1, -0.05) is 0 Å². The maximum atomic E-state index is 12.4. The Balaban J connectivity index is 0.00000729. The van der Waals surface area contributed by atoms with Gasteiger partial charge in [-0.2, -0.15) is 0 Å². The van der Waals surface area contributed by atoms with Crippen LogP contribution in [0.2, 0.25) is 0 Å². The van der Waals surface area contributed by atoms with Crippen LogP contribution in [-0.4, -0.2) is 58.8 Å². The molecule has 1 aromatic heterocycles. The average molecular weight is 400 g/mol. The maximum Gasteiger partial charge on any atom is 1.00 e. The topological polar surface area (TPSA) is 153 Å². The molecule has 0 aliphatic carbocycles. The van der Waals surface area contributed by atoms with Crippen molar-refractivity contribution in [3.8, 4) is 0 Å². The summed E-state index contributed by atoms with van der Waals surface area (Å²) in [6.45, 7) is 2.44. The number of alkyl carbamates (subject to hydrolysis) is 1. The number of aromatic amines is 1. The first kappa shape index (κ1) is 21.2. The minimum absolute atomic E-state index is 0. The van der Waals surface area contributed by atoms with Crippen molar-refractivity contribution in [2.24, 2.45) is 0 Å². The van der Waals surface area contributed by atoms with Crippen molar-refractivity contribution < 1.29 is 59.6 Å². The minimum Gasteiger partial charge on any atom is -0.748 e. The fourth-order valence-corrected chi connectivity index (χ4v) is 2.04. The maximum absolute atomic E-state index is 12.4. The van der Waals surface area contributed by atoms with Crippen molar-refractivity contribution in [2.75, 3.05) is 12.2 Å². The number of ether oxygens (including phenoxy) is 1. The van der Waals surface area contributed by atoms with E-state index < -0.39 is 52.4 Å². The summed E-state index contributed by atoms with van der Waals surface area (Å²) in [4.78, 5) is 31.0. The van der Waals surface area contributed by atoms with Gasteiger partial charge in [0.05, 0.1) is 22.1 Å². The first-order valence-electron chi connectivity index (χ1n) is 8.40. The van der Waals surface area contributed by atoms with Gasteiger partial charge >= 0.3 is 35.7 Å². The van der Waals surface area contributed by atoms with Gasteiger partial charge in [0.25, 0.3) is 0 Å². The van der Waals surface area contributed by atoms with Gasteiger partial charge in [-0.25, -0.2) is 18.2 Å². The van der Waals surface area contributed by atoms with Crippen molar-refractivity contribution in [2.45, 2.75) is 45.3 Å². The molecule has 1 aromatic rings. The van der Waals surface area contributed by atoms with Gasteiger partial charge in [-0.05, 0) is 27.2 Å². The first-order valence-corrected chi connectivity index (χ1v) is 8.97. The summed E-state index contributed by atoms with van der Waals surface area (Å²) in [7, 11) is -4.64. The number of aromatic nitrogens is 2. The minimum atomic E-state index is -4.64. The van der Waals surface area contributed by atoms with Crippen LogP contribution >= 0.6 is 0 Å². The number of carbonyl (C=O) groups excluding carboxylic acids is 2. The largest absolute Gasteiger partial charge is 1.00 e. The van der Waals surface area contributed by atoms with Crippen LogP contribution < -0.4 is 40.2 Å². The van der Waals surface area contributed by atoms with Crippen LogP contribution in [-0.2, 0) is 26.1 Å². The Kier molecular flexibility index (Phi) is 8.85. The van der Waals surface area contributed by atoms with E-state index in [1.54, 1.807) is 20.8 Å². The van der Waals surface area contributed by atoms with Crippen LogP contribution in [0.15, 0.2) is 12.5 Å². The molecule has 1 heterocycles. The molecule has 0 saturated carbocycles. The van der Waals surface area contributed by atoms with E-state index in [0.29, 0.717) is 5.69 Å². The Morgan fingerprint density at radius 1 is 1.46 bits per heavy atom. The number of hydrogen-bond acceptors (Lipinski definition) is 7. The van der Waals surface area contributed by atoms with Crippen molar-refractivity contribution in [3.63, 3.8) is 0 Å². The zero-order valence-corrected chi connectivity index (χ0v) is 18.0. The van der Waals surface area contributed by atoms with Crippen molar-refractivity contribution in [1.82, 2.24) is 20.6 Å². The average Bonchev–Trinajstić information content (AvgIpc) is 2.94. The molecule has 0 aliphatic rings.